The lowest BCUT2D eigenvalue weighted by atomic mass is 10.1. The highest BCUT2D eigenvalue weighted by Gasteiger charge is 2.10. The summed E-state index contributed by atoms with van der Waals surface area (Å²) < 4.78 is 11.3. The van der Waals surface area contributed by atoms with E-state index in [1.807, 2.05) is 35.9 Å². The van der Waals surface area contributed by atoms with Crippen molar-refractivity contribution >= 4 is 33.7 Å². The van der Waals surface area contributed by atoms with Gasteiger partial charge in [-0.05, 0) is 35.6 Å². The minimum absolute atomic E-state index is 0.112. The number of anilines is 1. The molecule has 0 saturated heterocycles. The molecule has 19 heavy (non-hydrogen) atoms. The lowest BCUT2D eigenvalue weighted by Crippen LogP contribution is -2.12. The molecule has 0 aliphatic heterocycles. The van der Waals surface area contributed by atoms with Crippen LogP contribution in [-0.2, 0) is 16.6 Å². The van der Waals surface area contributed by atoms with E-state index in [1.54, 1.807) is 12.3 Å². The number of hydrogen-bond acceptors (Lipinski definition) is 3. The van der Waals surface area contributed by atoms with Gasteiger partial charge in [-0.2, -0.15) is 11.3 Å². The fourth-order valence-electron chi connectivity index (χ4n) is 1.78. The standard InChI is InChI=1S/C14H15NO2S2/c1-10-12(9-19(2)17)4-3-5-13(10)15-14(16)11-6-7-18-8-11/h3-8H,9H2,1-2H3,(H,15,16)/t19-/m1/s1. The van der Waals surface area contributed by atoms with Crippen molar-refractivity contribution in [2.75, 3.05) is 11.6 Å². The van der Waals surface area contributed by atoms with Crippen LogP contribution in [0.3, 0.4) is 0 Å². The maximum atomic E-state index is 12.0. The molecular formula is C14H15NO2S2. The Kier molecular flexibility index (Phi) is 4.50. The van der Waals surface area contributed by atoms with Crippen LogP contribution in [0.5, 0.6) is 0 Å². The SMILES string of the molecule is Cc1c(C[S@@](C)=O)cccc1NC(=O)c1ccsc1. The quantitative estimate of drug-likeness (QED) is 0.941. The summed E-state index contributed by atoms with van der Waals surface area (Å²) in [5.41, 5.74) is 3.42. The third kappa shape index (κ3) is 3.52. The van der Waals surface area contributed by atoms with E-state index in [1.165, 1.54) is 11.3 Å². The molecule has 0 aliphatic carbocycles. The van der Waals surface area contributed by atoms with Crippen molar-refractivity contribution in [3.63, 3.8) is 0 Å². The van der Waals surface area contributed by atoms with Gasteiger partial charge in [-0.1, -0.05) is 12.1 Å². The van der Waals surface area contributed by atoms with Gasteiger partial charge < -0.3 is 5.32 Å². The number of rotatable bonds is 4. The largest absolute Gasteiger partial charge is 0.322 e. The molecular weight excluding hydrogens is 278 g/mol. The maximum Gasteiger partial charge on any atom is 0.256 e. The molecule has 3 nitrogen and oxygen atoms in total. The Morgan fingerprint density at radius 2 is 2.16 bits per heavy atom. The molecule has 5 heteroatoms. The fourth-order valence-corrected chi connectivity index (χ4v) is 3.17. The summed E-state index contributed by atoms with van der Waals surface area (Å²) in [6.07, 6.45) is 1.68. The monoisotopic (exact) mass is 293 g/mol. The van der Waals surface area contributed by atoms with Gasteiger partial charge in [-0.3, -0.25) is 9.00 Å². The zero-order valence-corrected chi connectivity index (χ0v) is 12.4. The van der Waals surface area contributed by atoms with Crippen molar-refractivity contribution in [3.05, 3.63) is 51.7 Å². The van der Waals surface area contributed by atoms with E-state index in [4.69, 9.17) is 0 Å². The van der Waals surface area contributed by atoms with Gasteiger partial charge in [0.1, 0.15) is 0 Å². The van der Waals surface area contributed by atoms with Crippen LogP contribution in [0, 0.1) is 6.92 Å². The normalized spacial score (nSPS) is 12.1. The molecule has 1 aromatic heterocycles. The van der Waals surface area contributed by atoms with Crippen LogP contribution in [0.15, 0.2) is 35.0 Å². The van der Waals surface area contributed by atoms with Gasteiger partial charge in [0.2, 0.25) is 0 Å². The number of nitrogens with one attached hydrogen (secondary N) is 1. The topological polar surface area (TPSA) is 46.2 Å². The first kappa shape index (κ1) is 14.0. The molecule has 0 radical (unpaired) electrons. The Morgan fingerprint density at radius 1 is 1.37 bits per heavy atom. The van der Waals surface area contributed by atoms with Crippen LogP contribution in [0.4, 0.5) is 5.69 Å². The average molecular weight is 293 g/mol. The van der Waals surface area contributed by atoms with Crippen molar-refractivity contribution in [2.24, 2.45) is 0 Å². The molecule has 1 amide bonds. The van der Waals surface area contributed by atoms with E-state index < -0.39 is 10.8 Å². The number of carbonyl (C=O) groups excluding carboxylic acids is 1. The third-order valence-electron chi connectivity index (χ3n) is 2.84. The number of thiophene rings is 1. The molecule has 1 atom stereocenters. The second-order valence-electron chi connectivity index (χ2n) is 4.27. The van der Waals surface area contributed by atoms with E-state index >= 15 is 0 Å². The molecule has 1 heterocycles. The molecule has 0 unspecified atom stereocenters. The Bertz CT molecular complexity index is 606. The smallest absolute Gasteiger partial charge is 0.256 e. The summed E-state index contributed by atoms with van der Waals surface area (Å²) >= 11 is 1.49. The summed E-state index contributed by atoms with van der Waals surface area (Å²) in [6.45, 7) is 1.94. The number of hydrogen-bond donors (Lipinski definition) is 1. The third-order valence-corrected chi connectivity index (χ3v) is 4.24. The second-order valence-corrected chi connectivity index (χ2v) is 6.49. The second kappa shape index (κ2) is 6.12. The van der Waals surface area contributed by atoms with Gasteiger partial charge in [0.15, 0.2) is 0 Å². The van der Waals surface area contributed by atoms with Crippen molar-refractivity contribution in [1.82, 2.24) is 0 Å². The Morgan fingerprint density at radius 3 is 2.79 bits per heavy atom. The van der Waals surface area contributed by atoms with E-state index in [0.29, 0.717) is 11.3 Å². The van der Waals surface area contributed by atoms with Crippen LogP contribution in [0.2, 0.25) is 0 Å². The Hall–Kier alpha value is -1.46. The van der Waals surface area contributed by atoms with E-state index in [0.717, 1.165) is 16.8 Å². The van der Waals surface area contributed by atoms with E-state index in [2.05, 4.69) is 5.32 Å². The van der Waals surface area contributed by atoms with Gasteiger partial charge in [0.05, 0.1) is 5.56 Å². The summed E-state index contributed by atoms with van der Waals surface area (Å²) in [4.78, 5) is 12.0. The molecule has 100 valence electrons. The minimum Gasteiger partial charge on any atom is -0.322 e. The zero-order valence-electron chi connectivity index (χ0n) is 10.8. The molecule has 2 rings (SSSR count). The summed E-state index contributed by atoms with van der Waals surface area (Å²) in [6, 6.07) is 7.47. The first-order chi connectivity index (χ1) is 9.08. The van der Waals surface area contributed by atoms with Gasteiger partial charge in [-0.15, -0.1) is 0 Å². The predicted molar refractivity (Wildman–Crippen MR) is 81.2 cm³/mol. The van der Waals surface area contributed by atoms with Crippen LogP contribution in [-0.4, -0.2) is 16.4 Å². The summed E-state index contributed by atoms with van der Waals surface area (Å²) in [5.74, 6) is 0.396. The highest BCUT2D eigenvalue weighted by atomic mass is 32.2. The van der Waals surface area contributed by atoms with Gasteiger partial charge >= 0.3 is 0 Å². The number of amides is 1. The van der Waals surface area contributed by atoms with Crippen LogP contribution >= 0.6 is 11.3 Å². The molecule has 0 spiro atoms. The molecule has 0 fully saturated rings. The van der Waals surface area contributed by atoms with Crippen molar-refractivity contribution in [3.8, 4) is 0 Å². The number of carbonyl (C=O) groups is 1. The van der Waals surface area contributed by atoms with Crippen molar-refractivity contribution in [2.45, 2.75) is 12.7 Å². The maximum absolute atomic E-state index is 12.0. The summed E-state index contributed by atoms with van der Waals surface area (Å²) in [5, 5.41) is 6.58. The molecule has 2 aromatic rings. The number of benzene rings is 1. The fraction of sp³-hybridized carbons (Fsp3) is 0.214. The first-order valence-corrected chi connectivity index (χ1v) is 8.47. The van der Waals surface area contributed by atoms with E-state index in [9.17, 15) is 9.00 Å². The molecule has 0 aliphatic rings. The molecule has 1 N–H and O–H groups in total. The highest BCUT2D eigenvalue weighted by Crippen LogP contribution is 2.21. The van der Waals surface area contributed by atoms with Gasteiger partial charge in [0, 0.05) is 33.9 Å². The van der Waals surface area contributed by atoms with Crippen LogP contribution < -0.4 is 5.32 Å². The lowest BCUT2D eigenvalue weighted by Gasteiger charge is -2.11. The van der Waals surface area contributed by atoms with Crippen LogP contribution in [0.25, 0.3) is 0 Å². The Labute approximate surface area is 119 Å². The van der Waals surface area contributed by atoms with E-state index in [-0.39, 0.29) is 5.91 Å². The van der Waals surface area contributed by atoms with Crippen molar-refractivity contribution in [1.29, 1.82) is 0 Å². The predicted octanol–water partition coefficient (Wildman–Crippen LogP) is 3.19. The summed E-state index contributed by atoms with van der Waals surface area (Å²) in [7, 11) is -0.888. The Balaban J connectivity index is 2.21. The van der Waals surface area contributed by atoms with Crippen molar-refractivity contribution < 1.29 is 9.00 Å². The first-order valence-electron chi connectivity index (χ1n) is 5.80. The molecule has 0 saturated carbocycles. The highest BCUT2D eigenvalue weighted by molar-refractivity contribution is 7.83. The van der Waals surface area contributed by atoms with Gasteiger partial charge in [0.25, 0.3) is 5.91 Å². The molecule has 0 bridgehead atoms. The van der Waals surface area contributed by atoms with Crippen LogP contribution in [0.1, 0.15) is 21.5 Å². The van der Waals surface area contributed by atoms with Gasteiger partial charge in [-0.25, -0.2) is 0 Å². The molecule has 1 aromatic carbocycles. The lowest BCUT2D eigenvalue weighted by molar-refractivity contribution is 0.102. The average Bonchev–Trinajstić information content (AvgIpc) is 2.87. The minimum atomic E-state index is -0.888. The zero-order chi connectivity index (χ0) is 13.8.